The predicted molar refractivity (Wildman–Crippen MR) is 68.4 cm³/mol. The first-order valence-corrected chi connectivity index (χ1v) is 6.54. The van der Waals surface area contributed by atoms with E-state index in [4.69, 9.17) is 0 Å². The predicted octanol–water partition coefficient (Wildman–Crippen LogP) is 0.386. The standard InChI is InChI=1S/C14H13FN2O4/c1-6-4-7-8(5-9(6)15)14(21)17(13(7)20)10-2-3-11(18)16-12(10)19/h4-5,10,13,20H,2-3H2,1H3,(H,16,18,19)/t10-,13?/m0/s1. The zero-order chi connectivity index (χ0) is 15.3. The van der Waals surface area contributed by atoms with Gasteiger partial charge in [-0.1, -0.05) is 0 Å². The molecule has 2 aliphatic heterocycles. The van der Waals surface area contributed by atoms with Gasteiger partial charge in [0.25, 0.3) is 5.91 Å². The van der Waals surface area contributed by atoms with Gasteiger partial charge >= 0.3 is 0 Å². The first kappa shape index (κ1) is 13.7. The van der Waals surface area contributed by atoms with Gasteiger partial charge in [0.2, 0.25) is 11.8 Å². The molecule has 2 aliphatic rings. The molecule has 0 aromatic heterocycles. The third-order valence-corrected chi connectivity index (χ3v) is 3.88. The van der Waals surface area contributed by atoms with Gasteiger partial charge in [-0.2, -0.15) is 0 Å². The number of hydrogen-bond acceptors (Lipinski definition) is 4. The van der Waals surface area contributed by atoms with Crippen LogP contribution in [0.4, 0.5) is 4.39 Å². The van der Waals surface area contributed by atoms with Crippen LogP contribution >= 0.6 is 0 Å². The molecule has 2 heterocycles. The number of rotatable bonds is 1. The van der Waals surface area contributed by atoms with Gasteiger partial charge in [-0.15, -0.1) is 0 Å². The number of nitrogens with zero attached hydrogens (tertiary/aromatic N) is 1. The fourth-order valence-electron chi connectivity index (χ4n) is 2.76. The smallest absolute Gasteiger partial charge is 0.257 e. The molecule has 1 aromatic rings. The number of carbonyl (C=O) groups excluding carboxylic acids is 3. The van der Waals surface area contributed by atoms with E-state index in [2.05, 4.69) is 5.32 Å². The van der Waals surface area contributed by atoms with Crippen LogP contribution in [0.1, 0.15) is 40.6 Å². The van der Waals surface area contributed by atoms with Gasteiger partial charge in [0.15, 0.2) is 6.23 Å². The van der Waals surface area contributed by atoms with Crippen molar-refractivity contribution in [1.29, 1.82) is 0 Å². The molecule has 2 atom stereocenters. The number of aliphatic hydroxyl groups excluding tert-OH is 1. The van der Waals surface area contributed by atoms with E-state index in [0.717, 1.165) is 11.0 Å². The zero-order valence-corrected chi connectivity index (χ0v) is 11.2. The average Bonchev–Trinajstić information content (AvgIpc) is 2.64. The Morgan fingerprint density at radius 1 is 1.33 bits per heavy atom. The van der Waals surface area contributed by atoms with Crippen LogP contribution in [0.2, 0.25) is 0 Å². The van der Waals surface area contributed by atoms with Crippen molar-refractivity contribution in [2.45, 2.75) is 32.0 Å². The first-order chi connectivity index (χ1) is 9.90. The van der Waals surface area contributed by atoms with Crippen molar-refractivity contribution in [3.8, 4) is 0 Å². The third kappa shape index (κ3) is 2.01. The maximum atomic E-state index is 13.6. The fraction of sp³-hybridized carbons (Fsp3) is 0.357. The number of piperidine rings is 1. The van der Waals surface area contributed by atoms with Crippen LogP contribution in [0.25, 0.3) is 0 Å². The highest BCUT2D eigenvalue weighted by molar-refractivity contribution is 6.05. The SMILES string of the molecule is Cc1cc2c(cc1F)C(=O)N([C@H]1CCC(=O)NC1=O)C2O. The lowest BCUT2D eigenvalue weighted by molar-refractivity contribution is -0.139. The van der Waals surface area contributed by atoms with E-state index in [9.17, 15) is 23.9 Å². The van der Waals surface area contributed by atoms with E-state index in [-0.39, 0.29) is 24.0 Å². The van der Waals surface area contributed by atoms with Crippen molar-refractivity contribution in [2.75, 3.05) is 0 Å². The molecule has 1 aromatic carbocycles. The van der Waals surface area contributed by atoms with Crippen LogP contribution in [0.5, 0.6) is 0 Å². The van der Waals surface area contributed by atoms with Crippen molar-refractivity contribution in [3.05, 3.63) is 34.6 Å². The van der Waals surface area contributed by atoms with Crippen LogP contribution < -0.4 is 5.32 Å². The zero-order valence-electron chi connectivity index (χ0n) is 11.2. The van der Waals surface area contributed by atoms with Gasteiger partial charge in [-0.25, -0.2) is 4.39 Å². The summed E-state index contributed by atoms with van der Waals surface area (Å²) in [5.74, 6) is -2.18. The van der Waals surface area contributed by atoms with Crippen LogP contribution in [-0.2, 0) is 9.59 Å². The number of benzene rings is 1. The molecule has 0 spiro atoms. The fourth-order valence-corrected chi connectivity index (χ4v) is 2.76. The second-order valence-electron chi connectivity index (χ2n) is 5.24. The summed E-state index contributed by atoms with van der Waals surface area (Å²) >= 11 is 0. The molecule has 1 fully saturated rings. The number of hydrogen-bond donors (Lipinski definition) is 2. The van der Waals surface area contributed by atoms with Crippen LogP contribution in [0.15, 0.2) is 12.1 Å². The summed E-state index contributed by atoms with van der Waals surface area (Å²) in [6.45, 7) is 1.53. The monoisotopic (exact) mass is 292 g/mol. The van der Waals surface area contributed by atoms with Gasteiger partial charge < -0.3 is 5.11 Å². The lowest BCUT2D eigenvalue weighted by Crippen LogP contribution is -2.53. The molecule has 0 saturated carbocycles. The molecular formula is C14H13FN2O4. The maximum Gasteiger partial charge on any atom is 0.257 e. The third-order valence-electron chi connectivity index (χ3n) is 3.88. The summed E-state index contributed by atoms with van der Waals surface area (Å²) in [6.07, 6.45) is -1.07. The summed E-state index contributed by atoms with van der Waals surface area (Å²) < 4.78 is 13.6. The van der Waals surface area contributed by atoms with Gasteiger partial charge in [0.05, 0.1) is 5.56 Å². The van der Waals surface area contributed by atoms with Gasteiger partial charge in [0.1, 0.15) is 11.9 Å². The minimum absolute atomic E-state index is 0.0512. The maximum absolute atomic E-state index is 13.6. The second-order valence-corrected chi connectivity index (χ2v) is 5.24. The van der Waals surface area contributed by atoms with E-state index in [1.54, 1.807) is 0 Å². The lowest BCUT2D eigenvalue weighted by atomic mass is 10.0. The Kier molecular flexibility index (Phi) is 3.02. The Morgan fingerprint density at radius 3 is 2.71 bits per heavy atom. The van der Waals surface area contributed by atoms with Crippen LogP contribution in [0, 0.1) is 12.7 Å². The number of fused-ring (bicyclic) bond motifs is 1. The van der Waals surface area contributed by atoms with Crippen LogP contribution in [-0.4, -0.2) is 33.8 Å². The number of carbonyl (C=O) groups is 3. The van der Waals surface area contributed by atoms with Crippen molar-refractivity contribution >= 4 is 17.7 Å². The van der Waals surface area contributed by atoms with Crippen molar-refractivity contribution in [1.82, 2.24) is 10.2 Å². The summed E-state index contributed by atoms with van der Waals surface area (Å²) in [5.41, 5.74) is 0.643. The molecule has 110 valence electrons. The van der Waals surface area contributed by atoms with E-state index < -0.39 is 35.8 Å². The molecule has 1 unspecified atom stereocenters. The quantitative estimate of drug-likeness (QED) is 0.733. The molecular weight excluding hydrogens is 279 g/mol. The Bertz CT molecular complexity index is 673. The number of amides is 3. The topological polar surface area (TPSA) is 86.7 Å². The molecule has 0 radical (unpaired) electrons. The Labute approximate surface area is 119 Å². The molecule has 21 heavy (non-hydrogen) atoms. The van der Waals surface area contributed by atoms with Gasteiger partial charge in [-0.05, 0) is 31.0 Å². The molecule has 3 amide bonds. The number of halogens is 1. The Balaban J connectivity index is 1.98. The molecule has 1 saturated heterocycles. The van der Waals surface area contributed by atoms with Gasteiger partial charge in [-0.3, -0.25) is 24.6 Å². The highest BCUT2D eigenvalue weighted by Gasteiger charge is 2.44. The highest BCUT2D eigenvalue weighted by atomic mass is 19.1. The minimum Gasteiger partial charge on any atom is -0.369 e. The Hall–Kier alpha value is -2.28. The Morgan fingerprint density at radius 2 is 2.05 bits per heavy atom. The number of aryl methyl sites for hydroxylation is 1. The number of imide groups is 1. The molecule has 0 bridgehead atoms. The largest absolute Gasteiger partial charge is 0.369 e. The van der Waals surface area contributed by atoms with E-state index in [0.29, 0.717) is 5.56 Å². The molecule has 7 heteroatoms. The van der Waals surface area contributed by atoms with Crippen molar-refractivity contribution in [3.63, 3.8) is 0 Å². The summed E-state index contributed by atoms with van der Waals surface area (Å²) in [6, 6.07) is 1.54. The number of nitrogens with one attached hydrogen (secondary N) is 1. The summed E-state index contributed by atoms with van der Waals surface area (Å²) in [5, 5.41) is 12.4. The van der Waals surface area contributed by atoms with Gasteiger partial charge in [0, 0.05) is 12.0 Å². The normalized spacial score (nSPS) is 25.1. The molecule has 3 rings (SSSR count). The van der Waals surface area contributed by atoms with E-state index in [1.165, 1.54) is 13.0 Å². The first-order valence-electron chi connectivity index (χ1n) is 6.54. The number of aliphatic hydroxyl groups is 1. The van der Waals surface area contributed by atoms with Crippen LogP contribution in [0.3, 0.4) is 0 Å². The molecule has 2 N–H and O–H groups in total. The average molecular weight is 292 g/mol. The minimum atomic E-state index is -1.31. The van der Waals surface area contributed by atoms with Crippen molar-refractivity contribution in [2.24, 2.45) is 0 Å². The lowest BCUT2D eigenvalue weighted by Gasteiger charge is -2.31. The van der Waals surface area contributed by atoms with E-state index in [1.807, 2.05) is 0 Å². The second kappa shape index (κ2) is 4.63. The summed E-state index contributed by atoms with van der Waals surface area (Å²) in [7, 11) is 0. The highest BCUT2D eigenvalue weighted by Crippen LogP contribution is 2.36. The van der Waals surface area contributed by atoms with E-state index >= 15 is 0 Å². The summed E-state index contributed by atoms with van der Waals surface area (Å²) in [4.78, 5) is 36.4. The molecule has 6 nitrogen and oxygen atoms in total. The molecule has 0 aliphatic carbocycles. The van der Waals surface area contributed by atoms with Crippen molar-refractivity contribution < 1.29 is 23.9 Å².